The molecule has 0 amide bonds. The molecule has 0 saturated carbocycles. The van der Waals surface area contributed by atoms with E-state index in [0.29, 0.717) is 0 Å². The van der Waals surface area contributed by atoms with Gasteiger partial charge in [0.2, 0.25) is 0 Å². The average Bonchev–Trinajstić information content (AvgIpc) is 0. The fraction of sp³-hybridized carbons (Fsp3) is 0. The normalized spacial score (nSPS) is 0. The van der Waals surface area contributed by atoms with Crippen LogP contribution in [0.4, 0.5) is 0 Å². The molecule has 0 unspecified atom stereocenters. The first-order chi connectivity index (χ1) is 0. The van der Waals surface area contributed by atoms with E-state index < -0.39 is 0 Å². The quantitative estimate of drug-likeness (QED) is 0.301. The first kappa shape index (κ1) is 25.9. The van der Waals surface area contributed by atoms with Gasteiger partial charge in [-0.2, -0.15) is 0 Å². The third kappa shape index (κ3) is 9.08. The molecule has 0 aliphatic heterocycles. The maximum Gasteiger partial charge on any atom is 2.00 e. The smallest absolute Gasteiger partial charge is 1.00 e. The summed E-state index contributed by atoms with van der Waals surface area (Å²) in [6, 6.07) is 0. The molecule has 0 aromatic carbocycles. The van der Waals surface area contributed by atoms with Crippen LogP contribution in [0.3, 0.4) is 0 Å². The Labute approximate surface area is 111 Å². The monoisotopic (exact) mass is 149 g/mol. The molecule has 0 saturated heterocycles. The van der Waals surface area contributed by atoms with Crippen molar-refractivity contribution in [2.45, 2.75) is 0 Å². The van der Waals surface area contributed by atoms with Crippen molar-refractivity contribution in [2.75, 3.05) is 0 Å². The molecular weight excluding hydrogens is 150 g/mol. The molecule has 0 heterocycles. The Bertz CT molecular complexity index is 6.00. The van der Waals surface area contributed by atoms with Gasteiger partial charge in [-0.05, 0) is 0 Å². The molecule has 0 aromatic heterocycles. The molecule has 0 fully saturated rings. The molecule has 0 atom stereocenters. The van der Waals surface area contributed by atoms with Gasteiger partial charge in [0.25, 0.3) is 0 Å². The molecule has 0 aliphatic rings. The van der Waals surface area contributed by atoms with Gasteiger partial charge in [-0.3, -0.25) is 0 Å². The van der Waals surface area contributed by atoms with Crippen molar-refractivity contribution in [1.29, 1.82) is 0 Å². The van der Waals surface area contributed by atoms with Gasteiger partial charge < -0.3 is 24.8 Å². The van der Waals surface area contributed by atoms with Gasteiger partial charge in [0.05, 0.1) is 0 Å². The number of rotatable bonds is 0. The third-order valence-electron chi connectivity index (χ3n) is 0. The summed E-state index contributed by atoms with van der Waals surface area (Å²) in [4.78, 5) is 0. The Morgan fingerprint density at radius 1 is 0.750 bits per heavy atom. The second kappa shape index (κ2) is 16.1. The SMILES string of the molecule is [Ca+2].[Cl-].[Cl-].[K+]. The largest absolute Gasteiger partial charge is 2.00 e. The van der Waals surface area contributed by atoms with E-state index in [1.54, 1.807) is 0 Å². The van der Waals surface area contributed by atoms with Crippen LogP contribution in [0.25, 0.3) is 0 Å². The third-order valence-corrected chi connectivity index (χ3v) is 0. The topological polar surface area (TPSA) is 0 Å². The molecule has 4 heteroatoms. The van der Waals surface area contributed by atoms with Crippen LogP contribution in [-0.4, -0.2) is 37.7 Å². The zero-order chi connectivity index (χ0) is 0. The van der Waals surface area contributed by atoms with Crippen LogP contribution in [0.1, 0.15) is 0 Å². The number of hydrogen-bond donors (Lipinski definition) is 0. The van der Waals surface area contributed by atoms with Gasteiger partial charge in [0, 0.05) is 0 Å². The van der Waals surface area contributed by atoms with Crippen molar-refractivity contribution in [2.24, 2.45) is 0 Å². The molecular formula is CaCl2K+. The summed E-state index contributed by atoms with van der Waals surface area (Å²) in [5.41, 5.74) is 0. The van der Waals surface area contributed by atoms with E-state index in [1.165, 1.54) is 0 Å². The number of hydrogen-bond acceptors (Lipinski definition) is 0. The van der Waals surface area contributed by atoms with E-state index in [-0.39, 0.29) is 114 Å². The van der Waals surface area contributed by atoms with Crippen LogP contribution in [0.5, 0.6) is 0 Å². The summed E-state index contributed by atoms with van der Waals surface area (Å²) in [7, 11) is 0. The standard InChI is InChI=1S/Ca.2ClH.K/h;2*1H;/q+2;;;+1/p-2. The molecule has 0 aromatic rings. The fourth-order valence-electron chi connectivity index (χ4n) is 0. The Balaban J connectivity index is 0. The van der Waals surface area contributed by atoms with Gasteiger partial charge in [0.15, 0.2) is 0 Å². The van der Waals surface area contributed by atoms with Crippen LogP contribution in [0.15, 0.2) is 0 Å². The maximum absolute atomic E-state index is 0. The minimum absolute atomic E-state index is 0. The van der Waals surface area contributed by atoms with Crippen molar-refractivity contribution >= 4 is 37.7 Å². The zero-order valence-electron chi connectivity index (χ0n) is 2.46. The summed E-state index contributed by atoms with van der Waals surface area (Å²) >= 11 is 0. The van der Waals surface area contributed by atoms with E-state index in [9.17, 15) is 0 Å². The van der Waals surface area contributed by atoms with Gasteiger partial charge in [-0.1, -0.05) is 0 Å². The zero-order valence-corrected chi connectivity index (χ0v) is 9.31. The van der Waals surface area contributed by atoms with Crippen LogP contribution in [0.2, 0.25) is 0 Å². The second-order valence-electron chi connectivity index (χ2n) is 0. The molecule has 0 aliphatic carbocycles. The van der Waals surface area contributed by atoms with Crippen LogP contribution in [0, 0.1) is 0 Å². The Morgan fingerprint density at radius 2 is 0.750 bits per heavy atom. The summed E-state index contributed by atoms with van der Waals surface area (Å²) in [6.45, 7) is 0. The van der Waals surface area contributed by atoms with E-state index in [2.05, 4.69) is 0 Å². The summed E-state index contributed by atoms with van der Waals surface area (Å²) in [5, 5.41) is 0. The fourth-order valence-corrected chi connectivity index (χ4v) is 0. The minimum atomic E-state index is 0. The van der Waals surface area contributed by atoms with Crippen molar-refractivity contribution < 1.29 is 76.2 Å². The summed E-state index contributed by atoms with van der Waals surface area (Å²) in [6.07, 6.45) is 0. The molecule has 4 heavy (non-hydrogen) atoms. The molecule has 16 valence electrons. The Hall–Kier alpha value is 3.48. The molecule has 0 bridgehead atoms. The maximum atomic E-state index is 0. The van der Waals surface area contributed by atoms with Gasteiger partial charge in [-0.25, -0.2) is 0 Å². The number of halogens is 2. The predicted octanol–water partition coefficient (Wildman–Crippen LogP) is -9.37. The van der Waals surface area contributed by atoms with Crippen molar-refractivity contribution in [3.05, 3.63) is 0 Å². The van der Waals surface area contributed by atoms with Crippen molar-refractivity contribution in [3.63, 3.8) is 0 Å². The minimum Gasteiger partial charge on any atom is -1.00 e. The molecule has 0 radical (unpaired) electrons. The van der Waals surface area contributed by atoms with E-state index in [4.69, 9.17) is 0 Å². The Kier molecular flexibility index (Phi) is 104. The van der Waals surface area contributed by atoms with Crippen molar-refractivity contribution in [1.82, 2.24) is 0 Å². The first-order valence-corrected chi connectivity index (χ1v) is 0. The van der Waals surface area contributed by atoms with Gasteiger partial charge in [-0.15, -0.1) is 0 Å². The van der Waals surface area contributed by atoms with Crippen LogP contribution in [-0.2, 0) is 0 Å². The average molecular weight is 150 g/mol. The van der Waals surface area contributed by atoms with Crippen molar-refractivity contribution in [3.8, 4) is 0 Å². The van der Waals surface area contributed by atoms with Gasteiger partial charge >= 0.3 is 89.1 Å². The van der Waals surface area contributed by atoms with Crippen LogP contribution < -0.4 is 76.2 Å². The second-order valence-corrected chi connectivity index (χ2v) is 0. The molecule has 0 spiro atoms. The van der Waals surface area contributed by atoms with E-state index >= 15 is 0 Å². The predicted molar refractivity (Wildman–Crippen MR) is 5.75 cm³/mol. The van der Waals surface area contributed by atoms with E-state index in [1.807, 2.05) is 0 Å². The Morgan fingerprint density at radius 3 is 0.750 bits per heavy atom. The first-order valence-electron chi connectivity index (χ1n) is 0. The van der Waals surface area contributed by atoms with Gasteiger partial charge in [0.1, 0.15) is 0 Å². The van der Waals surface area contributed by atoms with E-state index in [0.717, 1.165) is 0 Å². The van der Waals surface area contributed by atoms with Crippen LogP contribution >= 0.6 is 0 Å². The summed E-state index contributed by atoms with van der Waals surface area (Å²) < 4.78 is 0. The summed E-state index contributed by atoms with van der Waals surface area (Å²) in [5.74, 6) is 0. The molecule has 0 rings (SSSR count). The molecule has 0 nitrogen and oxygen atoms in total. The molecule has 0 N–H and O–H groups in total.